The second-order valence-corrected chi connectivity index (χ2v) is 6.59. The molecular weight excluding hydrogens is 387 g/mol. The maximum Gasteiger partial charge on any atom is 0.246 e. The Labute approximate surface area is 164 Å². The minimum atomic E-state index is -1.28. The van der Waals surface area contributed by atoms with E-state index in [0.29, 0.717) is 0 Å². The van der Waals surface area contributed by atoms with Gasteiger partial charge in [-0.3, -0.25) is 14.4 Å². The Balaban J connectivity index is 1.78. The normalized spacial score (nSPS) is 17.2. The van der Waals surface area contributed by atoms with Crippen molar-refractivity contribution in [3.05, 3.63) is 65.5 Å². The van der Waals surface area contributed by atoms with Crippen molar-refractivity contribution in [1.82, 2.24) is 10.6 Å². The molecule has 29 heavy (non-hydrogen) atoms. The van der Waals surface area contributed by atoms with E-state index in [4.69, 9.17) is 0 Å². The van der Waals surface area contributed by atoms with Gasteiger partial charge in [-0.15, -0.1) is 0 Å². The molecule has 0 bridgehead atoms. The third-order valence-electron chi connectivity index (χ3n) is 4.71. The molecule has 0 saturated carbocycles. The lowest BCUT2D eigenvalue weighted by Gasteiger charge is -2.21. The van der Waals surface area contributed by atoms with Crippen LogP contribution in [0.1, 0.15) is 18.0 Å². The predicted octanol–water partition coefficient (Wildman–Crippen LogP) is 2.06. The molecule has 9 heteroatoms. The summed E-state index contributed by atoms with van der Waals surface area (Å²) >= 11 is 0. The fourth-order valence-corrected chi connectivity index (χ4v) is 3.18. The van der Waals surface area contributed by atoms with Crippen molar-refractivity contribution in [1.29, 1.82) is 0 Å². The monoisotopic (exact) mass is 405 g/mol. The van der Waals surface area contributed by atoms with Crippen LogP contribution in [0, 0.1) is 23.4 Å². The van der Waals surface area contributed by atoms with Crippen LogP contribution in [0.15, 0.2) is 42.5 Å². The molecule has 2 aromatic carbocycles. The number of hydrogen-bond acceptors (Lipinski definition) is 3. The van der Waals surface area contributed by atoms with E-state index in [-0.39, 0.29) is 24.2 Å². The summed E-state index contributed by atoms with van der Waals surface area (Å²) in [6, 6.07) is 7.28. The van der Waals surface area contributed by atoms with Crippen molar-refractivity contribution in [3.63, 3.8) is 0 Å². The summed E-state index contributed by atoms with van der Waals surface area (Å²) in [5.41, 5.74) is 0.114. The molecule has 3 amide bonds. The zero-order chi connectivity index (χ0) is 21.1. The first-order valence-electron chi connectivity index (χ1n) is 8.83. The Kier molecular flexibility index (Phi) is 5.86. The van der Waals surface area contributed by atoms with Gasteiger partial charge >= 0.3 is 0 Å². The van der Waals surface area contributed by atoms with E-state index in [1.807, 2.05) is 0 Å². The topological polar surface area (TPSA) is 78.5 Å². The summed E-state index contributed by atoms with van der Waals surface area (Å²) in [6.07, 6.45) is -0.168. The summed E-state index contributed by atoms with van der Waals surface area (Å²) in [5.74, 6) is -5.37. The van der Waals surface area contributed by atoms with Crippen molar-refractivity contribution < 1.29 is 27.6 Å². The summed E-state index contributed by atoms with van der Waals surface area (Å²) < 4.78 is 40.7. The number of halogens is 3. The van der Waals surface area contributed by atoms with Crippen LogP contribution in [0.4, 0.5) is 18.9 Å². The van der Waals surface area contributed by atoms with Crippen molar-refractivity contribution in [2.45, 2.75) is 12.5 Å². The average molecular weight is 405 g/mol. The van der Waals surface area contributed by atoms with E-state index in [9.17, 15) is 27.6 Å². The summed E-state index contributed by atoms with van der Waals surface area (Å²) in [5, 5.41) is 4.81. The van der Waals surface area contributed by atoms with Crippen molar-refractivity contribution >= 4 is 23.4 Å². The quantitative estimate of drug-likeness (QED) is 0.800. The van der Waals surface area contributed by atoms with Crippen LogP contribution in [0.5, 0.6) is 0 Å². The van der Waals surface area contributed by atoms with Gasteiger partial charge in [-0.1, -0.05) is 18.2 Å². The largest absolute Gasteiger partial charge is 0.357 e. The number of benzene rings is 2. The van der Waals surface area contributed by atoms with Gasteiger partial charge in [0.15, 0.2) is 11.6 Å². The highest BCUT2D eigenvalue weighted by atomic mass is 19.2. The lowest BCUT2D eigenvalue weighted by atomic mass is 10.0. The number of hydrogen-bond donors (Lipinski definition) is 2. The Bertz CT molecular complexity index is 967. The van der Waals surface area contributed by atoms with Gasteiger partial charge in [0.25, 0.3) is 0 Å². The van der Waals surface area contributed by atoms with Crippen molar-refractivity contribution in [3.8, 4) is 0 Å². The smallest absolute Gasteiger partial charge is 0.246 e. The first kappa shape index (κ1) is 20.4. The number of nitrogens with one attached hydrogen (secondary N) is 2. The SMILES string of the molecule is CNC(=O)C(NC(=O)C1CC(=O)N(c2ccccc2F)C1)c1ccc(F)c(F)c1. The van der Waals surface area contributed by atoms with E-state index in [1.54, 1.807) is 6.07 Å². The van der Waals surface area contributed by atoms with Crippen LogP contribution in [0.2, 0.25) is 0 Å². The van der Waals surface area contributed by atoms with E-state index < -0.39 is 47.1 Å². The van der Waals surface area contributed by atoms with Crippen LogP contribution >= 0.6 is 0 Å². The zero-order valence-corrected chi connectivity index (χ0v) is 15.4. The molecule has 2 atom stereocenters. The van der Waals surface area contributed by atoms with Crippen LogP contribution in [-0.4, -0.2) is 31.3 Å². The molecule has 1 aliphatic rings. The van der Waals surface area contributed by atoms with Gasteiger partial charge in [0.05, 0.1) is 11.6 Å². The molecule has 2 unspecified atom stereocenters. The fraction of sp³-hybridized carbons (Fsp3) is 0.250. The number of carbonyl (C=O) groups excluding carboxylic acids is 3. The second-order valence-electron chi connectivity index (χ2n) is 6.59. The highest BCUT2D eigenvalue weighted by molar-refractivity contribution is 6.01. The van der Waals surface area contributed by atoms with Crippen molar-refractivity contribution in [2.75, 3.05) is 18.5 Å². The van der Waals surface area contributed by atoms with Gasteiger partial charge < -0.3 is 15.5 Å². The van der Waals surface area contributed by atoms with E-state index >= 15 is 0 Å². The molecule has 6 nitrogen and oxygen atoms in total. The maximum atomic E-state index is 14.0. The second kappa shape index (κ2) is 8.34. The number of para-hydroxylation sites is 1. The third kappa shape index (κ3) is 4.23. The van der Waals surface area contributed by atoms with Crippen LogP contribution in [0.3, 0.4) is 0 Å². The Morgan fingerprint density at radius 3 is 2.45 bits per heavy atom. The number of rotatable bonds is 5. The van der Waals surface area contributed by atoms with E-state index in [1.165, 1.54) is 36.2 Å². The molecule has 2 aromatic rings. The predicted molar refractivity (Wildman–Crippen MR) is 98.2 cm³/mol. The number of likely N-dealkylation sites (N-methyl/N-ethyl adjacent to an activating group) is 1. The third-order valence-corrected chi connectivity index (χ3v) is 4.71. The number of anilines is 1. The van der Waals surface area contributed by atoms with Gasteiger partial charge in [-0.2, -0.15) is 0 Å². The van der Waals surface area contributed by atoms with E-state index in [2.05, 4.69) is 10.6 Å². The minimum absolute atomic E-state index is 0.0480. The highest BCUT2D eigenvalue weighted by Gasteiger charge is 2.37. The van der Waals surface area contributed by atoms with E-state index in [0.717, 1.165) is 12.1 Å². The van der Waals surface area contributed by atoms with Gasteiger partial charge in [0.1, 0.15) is 11.9 Å². The molecule has 0 spiro atoms. The molecule has 0 aromatic heterocycles. The molecular formula is C20H18F3N3O3. The molecule has 1 heterocycles. The molecule has 0 aliphatic carbocycles. The lowest BCUT2D eigenvalue weighted by Crippen LogP contribution is -2.42. The molecule has 152 valence electrons. The summed E-state index contributed by atoms with van der Waals surface area (Å²) in [7, 11) is 1.33. The Morgan fingerprint density at radius 2 is 1.79 bits per heavy atom. The molecule has 3 rings (SSSR count). The Hall–Kier alpha value is -3.36. The van der Waals surface area contributed by atoms with Crippen molar-refractivity contribution in [2.24, 2.45) is 5.92 Å². The minimum Gasteiger partial charge on any atom is -0.357 e. The Morgan fingerprint density at radius 1 is 1.07 bits per heavy atom. The maximum absolute atomic E-state index is 14.0. The standard InChI is InChI=1S/C20H18F3N3O3/c1-24-20(29)18(11-6-7-13(21)15(23)8-11)25-19(28)12-9-17(27)26(10-12)16-5-3-2-4-14(16)22/h2-8,12,18H,9-10H2,1H3,(H,24,29)(H,25,28). The summed E-state index contributed by atoms with van der Waals surface area (Å²) in [4.78, 5) is 38.3. The number of amides is 3. The molecule has 1 aliphatic heterocycles. The van der Waals surface area contributed by atoms with Crippen LogP contribution in [0.25, 0.3) is 0 Å². The molecule has 0 radical (unpaired) electrons. The van der Waals surface area contributed by atoms with Crippen LogP contribution in [-0.2, 0) is 14.4 Å². The number of nitrogens with zero attached hydrogens (tertiary/aromatic N) is 1. The first-order chi connectivity index (χ1) is 13.8. The van der Waals surface area contributed by atoms with Gasteiger partial charge in [-0.05, 0) is 29.8 Å². The fourth-order valence-electron chi connectivity index (χ4n) is 3.18. The highest BCUT2D eigenvalue weighted by Crippen LogP contribution is 2.28. The zero-order valence-electron chi connectivity index (χ0n) is 15.4. The van der Waals surface area contributed by atoms with Gasteiger partial charge in [-0.25, -0.2) is 13.2 Å². The number of carbonyl (C=O) groups is 3. The van der Waals surface area contributed by atoms with Gasteiger partial charge in [0.2, 0.25) is 17.7 Å². The average Bonchev–Trinajstić information content (AvgIpc) is 3.09. The molecule has 1 fully saturated rings. The summed E-state index contributed by atoms with van der Waals surface area (Å²) in [6.45, 7) is -0.0656. The van der Waals surface area contributed by atoms with Gasteiger partial charge in [0, 0.05) is 20.0 Å². The van der Waals surface area contributed by atoms with Crippen LogP contribution < -0.4 is 15.5 Å². The molecule has 2 N–H and O–H groups in total. The lowest BCUT2D eigenvalue weighted by molar-refractivity contribution is -0.131. The first-order valence-corrected chi connectivity index (χ1v) is 8.83. The molecule has 1 saturated heterocycles.